The number of hydrogen-bond donors (Lipinski definition) is 2. The first-order valence-electron chi connectivity index (χ1n) is 6.18. The third-order valence-corrected chi connectivity index (χ3v) is 6.05. The first kappa shape index (κ1) is 15.8. The van der Waals surface area contributed by atoms with Crippen LogP contribution in [-0.4, -0.2) is 52.5 Å². The van der Waals surface area contributed by atoms with Crippen molar-refractivity contribution in [3.05, 3.63) is 0 Å². The van der Waals surface area contributed by atoms with Crippen molar-refractivity contribution in [3.8, 4) is 0 Å². The maximum absolute atomic E-state index is 12.5. The van der Waals surface area contributed by atoms with Crippen LogP contribution in [0.2, 0.25) is 0 Å². The Morgan fingerprint density at radius 1 is 1.38 bits per heavy atom. The molecule has 2 rings (SSSR count). The fourth-order valence-electron chi connectivity index (χ4n) is 2.05. The minimum absolute atomic E-state index is 0.0601. The minimum atomic E-state index is -4.03. The zero-order valence-electron chi connectivity index (χ0n) is 11.1. The number of aliphatic carboxylic acids is 1. The van der Waals surface area contributed by atoms with Gasteiger partial charge in [0.2, 0.25) is 15.4 Å². The fraction of sp³-hybridized carbons (Fsp3) is 0.600. The molecule has 1 amide bonds. The van der Waals surface area contributed by atoms with Crippen molar-refractivity contribution in [2.24, 2.45) is 0 Å². The highest BCUT2D eigenvalue weighted by molar-refractivity contribution is 7.91. The first-order chi connectivity index (χ1) is 9.82. The van der Waals surface area contributed by atoms with E-state index in [-0.39, 0.29) is 22.4 Å². The Morgan fingerprint density at radius 3 is 2.71 bits per heavy atom. The number of carboxylic acid groups (broad SMARTS) is 1. The number of carbonyl (C=O) groups is 2. The van der Waals surface area contributed by atoms with Gasteiger partial charge >= 0.3 is 5.97 Å². The standard InChI is InChI=1S/C10H14N4O5S2/c1-6(15)11-9-12-13-10(20-9)21(18,19)14-5-3-2-4-7(14)8(16)17/h7H,2-5H2,1H3,(H,16,17)(H,11,12,15). The quantitative estimate of drug-likeness (QED) is 0.748. The zero-order chi connectivity index (χ0) is 15.6. The van der Waals surface area contributed by atoms with E-state index in [2.05, 4.69) is 15.5 Å². The SMILES string of the molecule is CC(=O)Nc1nnc(S(=O)(=O)N2CCCCC2C(=O)O)s1. The maximum atomic E-state index is 12.5. The molecular weight excluding hydrogens is 320 g/mol. The van der Waals surface area contributed by atoms with Crippen molar-refractivity contribution in [3.63, 3.8) is 0 Å². The van der Waals surface area contributed by atoms with Crippen LogP contribution < -0.4 is 5.32 Å². The van der Waals surface area contributed by atoms with Gasteiger partial charge < -0.3 is 10.4 Å². The van der Waals surface area contributed by atoms with Gasteiger partial charge in [0.1, 0.15) is 6.04 Å². The molecule has 2 N–H and O–H groups in total. The molecular formula is C10H14N4O5S2. The van der Waals surface area contributed by atoms with Gasteiger partial charge in [-0.05, 0) is 19.3 Å². The van der Waals surface area contributed by atoms with Gasteiger partial charge in [0, 0.05) is 13.5 Å². The summed E-state index contributed by atoms with van der Waals surface area (Å²) in [5, 5.41) is 18.7. The molecule has 0 aromatic carbocycles. The van der Waals surface area contributed by atoms with Crippen molar-refractivity contribution in [2.45, 2.75) is 36.6 Å². The number of carboxylic acids is 1. The summed E-state index contributed by atoms with van der Waals surface area (Å²) in [6, 6.07) is -1.09. The highest BCUT2D eigenvalue weighted by Gasteiger charge is 2.39. The normalized spacial score (nSPS) is 20.1. The summed E-state index contributed by atoms with van der Waals surface area (Å²) in [5.41, 5.74) is 0. The monoisotopic (exact) mass is 334 g/mol. The Balaban J connectivity index is 2.29. The first-order valence-corrected chi connectivity index (χ1v) is 8.44. The van der Waals surface area contributed by atoms with E-state index in [0.29, 0.717) is 24.2 Å². The van der Waals surface area contributed by atoms with Crippen molar-refractivity contribution in [1.29, 1.82) is 0 Å². The number of amides is 1. The lowest BCUT2D eigenvalue weighted by Crippen LogP contribution is -2.47. The molecule has 0 saturated carbocycles. The van der Waals surface area contributed by atoms with Crippen molar-refractivity contribution < 1.29 is 23.1 Å². The minimum Gasteiger partial charge on any atom is -0.480 e. The van der Waals surface area contributed by atoms with Gasteiger partial charge in [-0.15, -0.1) is 10.2 Å². The van der Waals surface area contributed by atoms with E-state index in [1.54, 1.807) is 0 Å². The molecule has 1 fully saturated rings. The summed E-state index contributed by atoms with van der Waals surface area (Å²) in [6.07, 6.45) is 1.53. The molecule has 1 unspecified atom stereocenters. The lowest BCUT2D eigenvalue weighted by Gasteiger charge is -2.30. The van der Waals surface area contributed by atoms with Gasteiger partial charge in [-0.3, -0.25) is 9.59 Å². The Labute approximate surface area is 125 Å². The van der Waals surface area contributed by atoms with Crippen LogP contribution >= 0.6 is 11.3 Å². The lowest BCUT2D eigenvalue weighted by molar-refractivity contribution is -0.142. The predicted molar refractivity (Wildman–Crippen MR) is 73.4 cm³/mol. The van der Waals surface area contributed by atoms with E-state index >= 15 is 0 Å². The Kier molecular flexibility index (Phi) is 4.54. The third-order valence-electron chi connectivity index (χ3n) is 2.96. The number of nitrogens with one attached hydrogen (secondary N) is 1. The molecule has 1 aromatic heterocycles. The number of anilines is 1. The number of aromatic nitrogens is 2. The number of rotatable bonds is 4. The number of piperidine rings is 1. The smallest absolute Gasteiger partial charge is 0.322 e. The Bertz CT molecular complexity index is 656. The third kappa shape index (κ3) is 3.36. The molecule has 0 bridgehead atoms. The van der Waals surface area contributed by atoms with E-state index in [0.717, 1.165) is 4.31 Å². The maximum Gasteiger partial charge on any atom is 0.322 e. The summed E-state index contributed by atoms with van der Waals surface area (Å²) in [4.78, 5) is 22.1. The van der Waals surface area contributed by atoms with Crippen LogP contribution in [0.5, 0.6) is 0 Å². The molecule has 0 aliphatic carbocycles. The molecule has 2 heterocycles. The largest absolute Gasteiger partial charge is 0.480 e. The number of sulfonamides is 1. The highest BCUT2D eigenvalue weighted by Crippen LogP contribution is 2.28. The van der Waals surface area contributed by atoms with E-state index in [9.17, 15) is 18.0 Å². The molecule has 1 aliphatic heterocycles. The van der Waals surface area contributed by atoms with Gasteiger partial charge in [0.15, 0.2) is 0 Å². The second-order valence-corrected chi connectivity index (χ2v) is 7.56. The fourth-order valence-corrected chi connectivity index (χ4v) is 4.77. The van der Waals surface area contributed by atoms with Gasteiger partial charge in [0.05, 0.1) is 0 Å². The van der Waals surface area contributed by atoms with Gasteiger partial charge in [0.25, 0.3) is 10.0 Å². The van der Waals surface area contributed by atoms with Crippen molar-refractivity contribution in [1.82, 2.24) is 14.5 Å². The summed E-state index contributed by atoms with van der Waals surface area (Å²) in [6.45, 7) is 1.40. The number of nitrogens with zero attached hydrogens (tertiary/aromatic N) is 3. The summed E-state index contributed by atoms with van der Waals surface area (Å²) >= 11 is 0.699. The average molecular weight is 334 g/mol. The lowest BCUT2D eigenvalue weighted by atomic mass is 10.1. The Hall–Kier alpha value is -1.59. The molecule has 9 nitrogen and oxygen atoms in total. The molecule has 0 spiro atoms. The van der Waals surface area contributed by atoms with E-state index in [1.165, 1.54) is 6.92 Å². The topological polar surface area (TPSA) is 130 Å². The van der Waals surface area contributed by atoms with Crippen LogP contribution in [0.3, 0.4) is 0 Å². The molecule has 1 aromatic rings. The predicted octanol–water partition coefficient (Wildman–Crippen LogP) is 0.124. The van der Waals surface area contributed by atoms with Crippen LogP contribution in [-0.2, 0) is 19.6 Å². The molecule has 1 atom stereocenters. The molecule has 1 aliphatic rings. The van der Waals surface area contributed by atoms with E-state index < -0.39 is 27.9 Å². The molecule has 21 heavy (non-hydrogen) atoms. The van der Waals surface area contributed by atoms with Crippen LogP contribution in [0.15, 0.2) is 4.34 Å². The van der Waals surface area contributed by atoms with Gasteiger partial charge in [-0.1, -0.05) is 11.3 Å². The van der Waals surface area contributed by atoms with Crippen molar-refractivity contribution >= 4 is 38.4 Å². The summed E-state index contributed by atoms with van der Waals surface area (Å²) in [7, 11) is -4.03. The van der Waals surface area contributed by atoms with E-state index in [1.807, 2.05) is 0 Å². The van der Waals surface area contributed by atoms with Crippen LogP contribution in [0.4, 0.5) is 5.13 Å². The summed E-state index contributed by atoms with van der Waals surface area (Å²) < 4.78 is 25.5. The van der Waals surface area contributed by atoms with Gasteiger partial charge in [-0.2, -0.15) is 4.31 Å². The second kappa shape index (κ2) is 6.03. The molecule has 1 saturated heterocycles. The van der Waals surface area contributed by atoms with Crippen LogP contribution in [0.25, 0.3) is 0 Å². The molecule has 11 heteroatoms. The molecule has 116 valence electrons. The Morgan fingerprint density at radius 2 is 2.10 bits per heavy atom. The zero-order valence-corrected chi connectivity index (χ0v) is 12.8. The van der Waals surface area contributed by atoms with Crippen LogP contribution in [0, 0.1) is 0 Å². The van der Waals surface area contributed by atoms with E-state index in [4.69, 9.17) is 5.11 Å². The average Bonchev–Trinajstić information content (AvgIpc) is 2.87. The molecule has 0 radical (unpaired) electrons. The number of carbonyl (C=O) groups excluding carboxylic acids is 1. The number of hydrogen-bond acceptors (Lipinski definition) is 7. The summed E-state index contributed by atoms with van der Waals surface area (Å²) in [5.74, 6) is -1.57. The second-order valence-electron chi connectivity index (χ2n) is 4.52. The van der Waals surface area contributed by atoms with Crippen LogP contribution in [0.1, 0.15) is 26.2 Å². The van der Waals surface area contributed by atoms with Gasteiger partial charge in [-0.25, -0.2) is 8.42 Å². The van der Waals surface area contributed by atoms with Crippen molar-refractivity contribution in [2.75, 3.05) is 11.9 Å². The highest BCUT2D eigenvalue weighted by atomic mass is 32.2.